The third kappa shape index (κ3) is 3.44. The number of alkyl halides is 3. The average Bonchev–Trinajstić information content (AvgIpc) is 3.11. The van der Waals surface area contributed by atoms with Gasteiger partial charge in [0.05, 0.1) is 19.0 Å². The topological polar surface area (TPSA) is 65.7 Å². The Bertz CT molecular complexity index is 891. The molecule has 0 aliphatic heterocycles. The van der Waals surface area contributed by atoms with Crippen LogP contribution in [0.25, 0.3) is 17.1 Å². The number of aromatic nitrogens is 5. The molecule has 0 fully saturated rings. The van der Waals surface area contributed by atoms with Gasteiger partial charge in [-0.25, -0.2) is 9.67 Å². The highest BCUT2D eigenvalue weighted by atomic mass is 19.4. The predicted molar refractivity (Wildman–Crippen MR) is 83.3 cm³/mol. The van der Waals surface area contributed by atoms with E-state index in [2.05, 4.69) is 20.3 Å². The lowest BCUT2D eigenvalue weighted by atomic mass is 10.1. The number of hydrogen-bond acceptors (Lipinski definition) is 5. The van der Waals surface area contributed by atoms with Crippen molar-refractivity contribution < 1.29 is 17.9 Å². The van der Waals surface area contributed by atoms with Crippen molar-refractivity contribution in [1.82, 2.24) is 25.0 Å². The largest absolute Gasteiger partial charge is 0.481 e. The summed E-state index contributed by atoms with van der Waals surface area (Å²) in [4.78, 5) is 8.46. The molecule has 0 aliphatic carbocycles. The molecule has 0 saturated carbocycles. The van der Waals surface area contributed by atoms with Crippen LogP contribution in [0.1, 0.15) is 18.2 Å². The first-order valence-electron chi connectivity index (χ1n) is 7.42. The number of aryl methyl sites for hydroxylation is 1. The molecule has 2 aromatic heterocycles. The van der Waals surface area contributed by atoms with Gasteiger partial charge in [-0.05, 0) is 24.1 Å². The van der Waals surface area contributed by atoms with Gasteiger partial charge in [-0.15, -0.1) is 5.10 Å². The van der Waals surface area contributed by atoms with Crippen molar-refractivity contribution in [3.05, 3.63) is 47.9 Å². The molecular weight excluding hydrogens is 335 g/mol. The lowest BCUT2D eigenvalue weighted by Crippen LogP contribution is -2.05. The van der Waals surface area contributed by atoms with Crippen LogP contribution in [-0.2, 0) is 12.6 Å². The molecular formula is C16H14F3N5O. The molecule has 130 valence electrons. The molecule has 9 heteroatoms. The van der Waals surface area contributed by atoms with E-state index in [4.69, 9.17) is 4.74 Å². The van der Waals surface area contributed by atoms with E-state index >= 15 is 0 Å². The van der Waals surface area contributed by atoms with Crippen molar-refractivity contribution in [1.29, 1.82) is 0 Å². The van der Waals surface area contributed by atoms with E-state index < -0.39 is 11.9 Å². The molecule has 0 spiro atoms. The summed E-state index contributed by atoms with van der Waals surface area (Å²) >= 11 is 0. The minimum absolute atomic E-state index is 0.328. The van der Waals surface area contributed by atoms with Crippen LogP contribution in [-0.4, -0.2) is 32.1 Å². The Morgan fingerprint density at radius 1 is 1.20 bits per heavy atom. The van der Waals surface area contributed by atoms with Crippen LogP contribution in [0.15, 0.2) is 36.7 Å². The van der Waals surface area contributed by atoms with Gasteiger partial charge in [0.25, 0.3) is 0 Å². The summed E-state index contributed by atoms with van der Waals surface area (Å²) < 4.78 is 44.6. The van der Waals surface area contributed by atoms with Crippen molar-refractivity contribution >= 4 is 0 Å². The van der Waals surface area contributed by atoms with E-state index in [1.54, 1.807) is 12.1 Å². The molecule has 6 nitrogen and oxygen atoms in total. The fraction of sp³-hybridized carbons (Fsp3) is 0.250. The average molecular weight is 349 g/mol. The molecule has 0 bridgehead atoms. The number of rotatable bonds is 4. The summed E-state index contributed by atoms with van der Waals surface area (Å²) in [6, 6.07) is 6.89. The maximum absolute atomic E-state index is 12.8. The highest BCUT2D eigenvalue weighted by molar-refractivity contribution is 5.68. The third-order valence-electron chi connectivity index (χ3n) is 3.58. The zero-order valence-electron chi connectivity index (χ0n) is 13.4. The van der Waals surface area contributed by atoms with Crippen molar-refractivity contribution in [3.63, 3.8) is 0 Å². The molecule has 3 aromatic rings. The quantitative estimate of drug-likeness (QED) is 0.723. The molecule has 2 heterocycles. The zero-order chi connectivity index (χ0) is 18.0. The SMILES string of the molecule is CCc1ccc(-n2cc(C(F)(F)F)nn2)c(-c2nccc(OC)n2)c1. The second-order valence-corrected chi connectivity index (χ2v) is 5.17. The first-order chi connectivity index (χ1) is 11.9. The van der Waals surface area contributed by atoms with Gasteiger partial charge in [0, 0.05) is 17.8 Å². The standard InChI is InChI=1S/C16H14F3N5O/c1-3-10-4-5-12(24-9-13(22-23-24)16(17,18)19)11(8-10)15-20-7-6-14(21-15)25-2/h4-9H,3H2,1-2H3. The number of benzene rings is 1. The van der Waals surface area contributed by atoms with Gasteiger partial charge in [0.2, 0.25) is 5.88 Å². The van der Waals surface area contributed by atoms with E-state index in [9.17, 15) is 13.2 Å². The van der Waals surface area contributed by atoms with E-state index in [1.807, 2.05) is 19.1 Å². The Kier molecular flexibility index (Phi) is 4.39. The predicted octanol–water partition coefficient (Wildman–Crippen LogP) is 3.31. The van der Waals surface area contributed by atoms with Gasteiger partial charge in [0.1, 0.15) is 0 Å². The summed E-state index contributed by atoms with van der Waals surface area (Å²) in [7, 11) is 1.47. The van der Waals surface area contributed by atoms with Gasteiger partial charge < -0.3 is 4.74 Å². The number of nitrogens with zero attached hydrogens (tertiary/aromatic N) is 5. The van der Waals surface area contributed by atoms with E-state index in [0.717, 1.165) is 22.9 Å². The fourth-order valence-electron chi connectivity index (χ4n) is 2.28. The highest BCUT2D eigenvalue weighted by Crippen LogP contribution is 2.30. The van der Waals surface area contributed by atoms with E-state index in [1.165, 1.54) is 13.3 Å². The zero-order valence-corrected chi connectivity index (χ0v) is 13.4. The Labute approximate surface area is 141 Å². The first-order valence-corrected chi connectivity index (χ1v) is 7.42. The number of methoxy groups -OCH3 is 1. The molecule has 0 amide bonds. The Balaban J connectivity index is 2.15. The number of halogens is 3. The summed E-state index contributed by atoms with van der Waals surface area (Å²) in [5.41, 5.74) is 0.858. The minimum atomic E-state index is -4.56. The highest BCUT2D eigenvalue weighted by Gasteiger charge is 2.34. The number of ether oxygens (including phenoxy) is 1. The molecule has 0 unspecified atom stereocenters. The normalized spacial score (nSPS) is 11.6. The van der Waals surface area contributed by atoms with Gasteiger partial charge >= 0.3 is 6.18 Å². The maximum Gasteiger partial charge on any atom is 0.436 e. The second-order valence-electron chi connectivity index (χ2n) is 5.17. The molecule has 3 rings (SSSR count). The van der Waals surface area contributed by atoms with Gasteiger partial charge in [-0.3, -0.25) is 0 Å². The third-order valence-corrected chi connectivity index (χ3v) is 3.58. The Morgan fingerprint density at radius 3 is 2.64 bits per heavy atom. The van der Waals surface area contributed by atoms with Gasteiger partial charge in [-0.2, -0.15) is 18.2 Å². The summed E-state index contributed by atoms with van der Waals surface area (Å²) in [5, 5.41) is 6.79. The molecule has 25 heavy (non-hydrogen) atoms. The van der Waals surface area contributed by atoms with Crippen LogP contribution < -0.4 is 4.74 Å². The summed E-state index contributed by atoms with van der Waals surface area (Å²) in [6.07, 6.45) is -1.45. The molecule has 0 radical (unpaired) electrons. The van der Waals surface area contributed by atoms with Crippen LogP contribution in [0.5, 0.6) is 5.88 Å². The van der Waals surface area contributed by atoms with E-state index in [0.29, 0.717) is 23.0 Å². The number of hydrogen-bond donors (Lipinski definition) is 0. The smallest absolute Gasteiger partial charge is 0.436 e. The van der Waals surface area contributed by atoms with Crippen molar-refractivity contribution in [2.45, 2.75) is 19.5 Å². The van der Waals surface area contributed by atoms with Crippen LogP contribution in [0.3, 0.4) is 0 Å². The molecule has 0 saturated heterocycles. The summed E-state index contributed by atoms with van der Waals surface area (Å²) in [5.74, 6) is 0.682. The lowest BCUT2D eigenvalue weighted by Gasteiger charge is -2.10. The first kappa shape index (κ1) is 16.9. The van der Waals surface area contributed by atoms with Crippen molar-refractivity contribution in [3.8, 4) is 23.0 Å². The summed E-state index contributed by atoms with van der Waals surface area (Å²) in [6.45, 7) is 1.97. The maximum atomic E-state index is 12.8. The molecule has 0 aliphatic rings. The Hall–Kier alpha value is -2.97. The van der Waals surface area contributed by atoms with Crippen molar-refractivity contribution in [2.24, 2.45) is 0 Å². The minimum Gasteiger partial charge on any atom is -0.481 e. The van der Waals surface area contributed by atoms with Crippen LogP contribution in [0, 0.1) is 0 Å². The molecule has 1 aromatic carbocycles. The fourth-order valence-corrected chi connectivity index (χ4v) is 2.28. The van der Waals surface area contributed by atoms with E-state index in [-0.39, 0.29) is 0 Å². The van der Waals surface area contributed by atoms with Crippen LogP contribution in [0.4, 0.5) is 13.2 Å². The van der Waals surface area contributed by atoms with Crippen LogP contribution >= 0.6 is 0 Å². The molecule has 0 atom stereocenters. The van der Waals surface area contributed by atoms with Crippen molar-refractivity contribution in [2.75, 3.05) is 7.11 Å². The van der Waals surface area contributed by atoms with Gasteiger partial charge in [-0.1, -0.05) is 18.2 Å². The van der Waals surface area contributed by atoms with Crippen LogP contribution in [0.2, 0.25) is 0 Å². The monoisotopic (exact) mass is 349 g/mol. The lowest BCUT2D eigenvalue weighted by molar-refractivity contribution is -0.141. The van der Waals surface area contributed by atoms with Gasteiger partial charge in [0.15, 0.2) is 11.5 Å². The second kappa shape index (κ2) is 6.50. The molecule has 0 N–H and O–H groups in total. The Morgan fingerprint density at radius 2 is 2.00 bits per heavy atom.